The van der Waals surface area contributed by atoms with Crippen LogP contribution in [0.5, 0.6) is 0 Å². The van der Waals surface area contributed by atoms with E-state index in [2.05, 4.69) is 10.1 Å². The fourth-order valence-electron chi connectivity index (χ4n) is 2.57. The summed E-state index contributed by atoms with van der Waals surface area (Å²) in [6.45, 7) is -0.0285. The van der Waals surface area contributed by atoms with Crippen LogP contribution in [-0.4, -0.2) is 36.7 Å². The van der Waals surface area contributed by atoms with Crippen molar-refractivity contribution in [2.45, 2.75) is 12.5 Å². The number of esters is 1. The molecular formula is C20H19NO5. The van der Waals surface area contributed by atoms with Crippen LogP contribution in [0, 0.1) is 0 Å². The van der Waals surface area contributed by atoms with Crippen LogP contribution in [0.4, 0.5) is 0 Å². The highest BCUT2D eigenvalue weighted by Gasteiger charge is 2.13. The Morgan fingerprint density at radius 1 is 1.15 bits per heavy atom. The molecule has 2 N–H and O–H groups in total. The van der Waals surface area contributed by atoms with Crippen molar-refractivity contribution in [3.05, 3.63) is 60.2 Å². The number of aliphatic hydroxyl groups excluding tert-OH is 1. The van der Waals surface area contributed by atoms with E-state index in [1.807, 2.05) is 30.3 Å². The molecule has 0 radical (unpaired) electrons. The van der Waals surface area contributed by atoms with Crippen LogP contribution in [0.2, 0.25) is 0 Å². The number of amides is 1. The van der Waals surface area contributed by atoms with Gasteiger partial charge in [0.25, 0.3) is 5.91 Å². The number of hydrogen-bond donors (Lipinski definition) is 2. The molecule has 0 spiro atoms. The summed E-state index contributed by atoms with van der Waals surface area (Å²) in [4.78, 5) is 23.2. The van der Waals surface area contributed by atoms with Gasteiger partial charge in [-0.1, -0.05) is 30.3 Å². The summed E-state index contributed by atoms with van der Waals surface area (Å²) in [5, 5.41) is 13.3. The van der Waals surface area contributed by atoms with E-state index >= 15 is 0 Å². The van der Waals surface area contributed by atoms with Crippen LogP contribution in [0.15, 0.2) is 59.0 Å². The van der Waals surface area contributed by atoms with Gasteiger partial charge in [0, 0.05) is 23.1 Å². The maximum atomic E-state index is 12.1. The van der Waals surface area contributed by atoms with Gasteiger partial charge in [0.15, 0.2) is 0 Å². The molecule has 0 aliphatic carbocycles. The Hall–Kier alpha value is -3.12. The van der Waals surface area contributed by atoms with Crippen molar-refractivity contribution in [1.29, 1.82) is 0 Å². The highest BCUT2D eigenvalue weighted by molar-refractivity contribution is 5.94. The monoisotopic (exact) mass is 353 g/mol. The van der Waals surface area contributed by atoms with Gasteiger partial charge in [0.05, 0.1) is 19.6 Å². The smallest absolute Gasteiger partial charge is 0.308 e. The Kier molecular flexibility index (Phi) is 5.34. The molecule has 3 aromatic rings. The van der Waals surface area contributed by atoms with E-state index < -0.39 is 12.1 Å². The number of ether oxygens (including phenoxy) is 1. The van der Waals surface area contributed by atoms with Gasteiger partial charge in [-0.15, -0.1) is 0 Å². The molecule has 2 aromatic carbocycles. The Bertz CT molecular complexity index is 880. The summed E-state index contributed by atoms with van der Waals surface area (Å²) >= 11 is 0. The molecular weight excluding hydrogens is 334 g/mol. The molecule has 1 heterocycles. The number of benzene rings is 2. The third-order valence-electron chi connectivity index (χ3n) is 3.99. The number of rotatable bonds is 6. The van der Waals surface area contributed by atoms with Crippen molar-refractivity contribution >= 4 is 22.8 Å². The summed E-state index contributed by atoms with van der Waals surface area (Å²) < 4.78 is 10.3. The van der Waals surface area contributed by atoms with Crippen LogP contribution in [0.3, 0.4) is 0 Å². The molecule has 0 bridgehead atoms. The van der Waals surface area contributed by atoms with Crippen molar-refractivity contribution < 1.29 is 23.8 Å². The fraction of sp³-hybridized carbons (Fsp3) is 0.200. The lowest BCUT2D eigenvalue weighted by atomic mass is 10.1. The zero-order chi connectivity index (χ0) is 18.5. The van der Waals surface area contributed by atoms with E-state index in [-0.39, 0.29) is 18.9 Å². The molecule has 6 heteroatoms. The van der Waals surface area contributed by atoms with Gasteiger partial charge < -0.3 is 19.6 Å². The number of methoxy groups -OCH3 is 1. The van der Waals surface area contributed by atoms with Crippen molar-refractivity contribution in [1.82, 2.24) is 5.32 Å². The molecule has 0 aliphatic heterocycles. The quantitative estimate of drug-likeness (QED) is 0.665. The molecule has 1 aromatic heterocycles. The number of furan rings is 1. The van der Waals surface area contributed by atoms with Crippen molar-refractivity contribution in [3.8, 4) is 11.3 Å². The molecule has 6 nitrogen and oxygen atoms in total. The lowest BCUT2D eigenvalue weighted by Gasteiger charge is -2.10. The maximum Gasteiger partial charge on any atom is 0.308 e. The average Bonchev–Trinajstić information content (AvgIpc) is 3.10. The fourth-order valence-corrected chi connectivity index (χ4v) is 2.57. The van der Waals surface area contributed by atoms with Crippen molar-refractivity contribution in [2.75, 3.05) is 13.7 Å². The van der Waals surface area contributed by atoms with Crippen LogP contribution in [-0.2, 0) is 9.53 Å². The molecule has 1 amide bonds. The summed E-state index contributed by atoms with van der Waals surface area (Å²) in [7, 11) is 1.25. The van der Waals surface area contributed by atoms with E-state index in [4.69, 9.17) is 4.42 Å². The molecule has 0 unspecified atom stereocenters. The molecule has 3 rings (SSSR count). The minimum absolute atomic E-state index is 0.0285. The minimum Gasteiger partial charge on any atom is -0.469 e. The number of para-hydroxylation sites is 1. The lowest BCUT2D eigenvalue weighted by Crippen LogP contribution is -2.33. The highest BCUT2D eigenvalue weighted by Crippen LogP contribution is 2.27. The molecule has 0 saturated heterocycles. The normalized spacial score (nSPS) is 11.9. The first-order chi connectivity index (χ1) is 12.6. The maximum absolute atomic E-state index is 12.1. The van der Waals surface area contributed by atoms with Crippen molar-refractivity contribution in [3.63, 3.8) is 0 Å². The molecule has 1 atom stereocenters. The summed E-state index contributed by atoms with van der Waals surface area (Å²) in [6, 6.07) is 16.7. The van der Waals surface area contributed by atoms with Crippen molar-refractivity contribution in [2.24, 2.45) is 0 Å². The van der Waals surface area contributed by atoms with Gasteiger partial charge >= 0.3 is 5.97 Å². The number of carbonyl (C=O) groups is 2. The first-order valence-electron chi connectivity index (χ1n) is 8.19. The number of fused-ring (bicyclic) bond motifs is 1. The SMILES string of the molecule is COC(=O)C[C@H](O)CNC(=O)c1ccc(-c2cc3ccccc3o2)cc1. The van der Waals surface area contributed by atoms with E-state index in [0.717, 1.165) is 22.3 Å². The third-order valence-corrected chi connectivity index (χ3v) is 3.99. The molecule has 134 valence electrons. The van der Waals surface area contributed by atoms with Crippen LogP contribution >= 0.6 is 0 Å². The van der Waals surface area contributed by atoms with Gasteiger partial charge in [-0.05, 0) is 24.3 Å². The zero-order valence-electron chi connectivity index (χ0n) is 14.3. The van der Waals surface area contributed by atoms with Crippen LogP contribution in [0.1, 0.15) is 16.8 Å². The standard InChI is InChI=1S/C20H19NO5/c1-25-19(23)11-16(22)12-21-20(24)14-8-6-13(7-9-14)18-10-15-4-2-3-5-17(15)26-18/h2-10,16,22H,11-12H2,1H3,(H,21,24)/t16-/m0/s1. The number of nitrogens with one attached hydrogen (secondary N) is 1. The first-order valence-corrected chi connectivity index (χ1v) is 8.19. The van der Waals surface area contributed by atoms with Gasteiger partial charge in [0.1, 0.15) is 11.3 Å². The summed E-state index contributed by atoms with van der Waals surface area (Å²) in [5.74, 6) is -0.126. The molecule has 0 fully saturated rings. The van der Waals surface area contributed by atoms with Gasteiger partial charge in [-0.3, -0.25) is 9.59 Å². The molecule has 0 aliphatic rings. The zero-order valence-corrected chi connectivity index (χ0v) is 14.3. The third kappa shape index (κ3) is 4.10. The highest BCUT2D eigenvalue weighted by atomic mass is 16.5. The minimum atomic E-state index is -0.985. The second-order valence-electron chi connectivity index (χ2n) is 5.87. The number of hydrogen-bond acceptors (Lipinski definition) is 5. The Balaban J connectivity index is 1.63. The van der Waals surface area contributed by atoms with E-state index in [9.17, 15) is 14.7 Å². The Morgan fingerprint density at radius 2 is 1.88 bits per heavy atom. The average molecular weight is 353 g/mol. The van der Waals surface area contributed by atoms with Gasteiger partial charge in [-0.2, -0.15) is 0 Å². The summed E-state index contributed by atoms with van der Waals surface area (Å²) in [6.07, 6.45) is -1.15. The predicted molar refractivity (Wildman–Crippen MR) is 96.6 cm³/mol. The van der Waals surface area contributed by atoms with Gasteiger partial charge in [0.2, 0.25) is 0 Å². The second kappa shape index (κ2) is 7.84. The Labute approximate surface area is 150 Å². The van der Waals surface area contributed by atoms with E-state index in [0.29, 0.717) is 5.56 Å². The molecule has 26 heavy (non-hydrogen) atoms. The Morgan fingerprint density at radius 3 is 2.58 bits per heavy atom. The number of aliphatic hydroxyl groups is 1. The second-order valence-corrected chi connectivity index (χ2v) is 5.87. The van der Waals surface area contributed by atoms with Gasteiger partial charge in [-0.25, -0.2) is 0 Å². The largest absolute Gasteiger partial charge is 0.469 e. The first kappa shape index (κ1) is 17.7. The molecule has 0 saturated carbocycles. The van der Waals surface area contributed by atoms with Crippen LogP contribution in [0.25, 0.3) is 22.3 Å². The van der Waals surface area contributed by atoms with E-state index in [1.165, 1.54) is 7.11 Å². The topological polar surface area (TPSA) is 88.8 Å². The van der Waals surface area contributed by atoms with Crippen LogP contribution < -0.4 is 5.32 Å². The predicted octanol–water partition coefficient (Wildman–Crippen LogP) is 2.75. The number of carbonyl (C=O) groups excluding carboxylic acids is 2. The summed E-state index contributed by atoms with van der Waals surface area (Å²) in [5.41, 5.74) is 2.13. The lowest BCUT2D eigenvalue weighted by molar-refractivity contribution is -0.142. The van der Waals surface area contributed by atoms with E-state index in [1.54, 1.807) is 24.3 Å².